The van der Waals surface area contributed by atoms with Gasteiger partial charge < -0.3 is 5.11 Å². The van der Waals surface area contributed by atoms with E-state index in [1.54, 1.807) is 0 Å². The Labute approximate surface area is 96.4 Å². The fraction of sp³-hybridized carbons (Fsp3) is 0.900. The molecular formula is C10H19NO4S. The molecule has 1 N–H and O–H groups in total. The van der Waals surface area contributed by atoms with Crippen LogP contribution in [0.4, 0.5) is 0 Å². The summed E-state index contributed by atoms with van der Waals surface area (Å²) in [7, 11) is -2.82. The standard InChI is InChI=1S/C10H19NO4S/c1-9(3-2-4-10(12)13)11-5-7-16(14,15)8-6-11/h9H,2-8H2,1H3,(H,12,13). The smallest absolute Gasteiger partial charge is 0.303 e. The van der Waals surface area contributed by atoms with Crippen LogP contribution in [0.5, 0.6) is 0 Å². The van der Waals surface area contributed by atoms with Crippen LogP contribution < -0.4 is 0 Å². The van der Waals surface area contributed by atoms with Gasteiger partial charge in [0.25, 0.3) is 0 Å². The molecule has 1 aliphatic rings. The van der Waals surface area contributed by atoms with E-state index in [1.165, 1.54) is 0 Å². The first kappa shape index (κ1) is 13.4. The van der Waals surface area contributed by atoms with Crippen LogP contribution in [0.15, 0.2) is 0 Å². The van der Waals surface area contributed by atoms with E-state index in [9.17, 15) is 13.2 Å². The second kappa shape index (κ2) is 5.63. The third-order valence-electron chi connectivity index (χ3n) is 3.01. The Bertz CT molecular complexity index is 325. The number of sulfone groups is 1. The maximum atomic E-state index is 11.2. The van der Waals surface area contributed by atoms with E-state index in [4.69, 9.17) is 5.11 Å². The molecule has 1 atom stereocenters. The maximum absolute atomic E-state index is 11.2. The second-order valence-electron chi connectivity index (χ2n) is 4.32. The third-order valence-corrected chi connectivity index (χ3v) is 4.62. The number of hydrogen-bond acceptors (Lipinski definition) is 4. The Morgan fingerprint density at radius 1 is 1.38 bits per heavy atom. The van der Waals surface area contributed by atoms with Crippen molar-refractivity contribution in [2.24, 2.45) is 0 Å². The zero-order valence-corrected chi connectivity index (χ0v) is 10.4. The first-order valence-corrected chi connectivity index (χ1v) is 7.39. The van der Waals surface area contributed by atoms with Gasteiger partial charge >= 0.3 is 5.97 Å². The van der Waals surface area contributed by atoms with Gasteiger partial charge in [0.15, 0.2) is 9.84 Å². The first-order chi connectivity index (χ1) is 7.41. The molecule has 1 heterocycles. The zero-order chi connectivity index (χ0) is 12.2. The van der Waals surface area contributed by atoms with Gasteiger partial charge in [-0.3, -0.25) is 9.69 Å². The lowest BCUT2D eigenvalue weighted by atomic mass is 10.1. The van der Waals surface area contributed by atoms with Gasteiger partial charge in [0.1, 0.15) is 0 Å². The topological polar surface area (TPSA) is 74.7 Å². The molecular weight excluding hydrogens is 230 g/mol. The maximum Gasteiger partial charge on any atom is 0.303 e. The van der Waals surface area contributed by atoms with E-state index < -0.39 is 15.8 Å². The van der Waals surface area contributed by atoms with Crippen LogP contribution in [0.25, 0.3) is 0 Å². The van der Waals surface area contributed by atoms with Crippen molar-refractivity contribution in [3.8, 4) is 0 Å². The Balaban J connectivity index is 2.28. The predicted molar refractivity (Wildman–Crippen MR) is 61.2 cm³/mol. The van der Waals surface area contributed by atoms with E-state index >= 15 is 0 Å². The van der Waals surface area contributed by atoms with Crippen molar-refractivity contribution in [2.45, 2.75) is 32.2 Å². The molecule has 1 unspecified atom stereocenters. The van der Waals surface area contributed by atoms with Gasteiger partial charge in [-0.05, 0) is 19.8 Å². The molecule has 1 aliphatic heterocycles. The van der Waals surface area contributed by atoms with E-state index in [-0.39, 0.29) is 24.0 Å². The molecule has 0 radical (unpaired) electrons. The zero-order valence-electron chi connectivity index (χ0n) is 9.55. The lowest BCUT2D eigenvalue weighted by molar-refractivity contribution is -0.137. The minimum Gasteiger partial charge on any atom is -0.481 e. The van der Waals surface area contributed by atoms with Gasteiger partial charge in [0.2, 0.25) is 0 Å². The van der Waals surface area contributed by atoms with E-state index in [0.29, 0.717) is 19.5 Å². The summed E-state index contributed by atoms with van der Waals surface area (Å²) in [6.07, 6.45) is 1.66. The van der Waals surface area contributed by atoms with Crippen molar-refractivity contribution in [3.05, 3.63) is 0 Å². The molecule has 0 aromatic heterocycles. The van der Waals surface area contributed by atoms with Crippen LogP contribution >= 0.6 is 0 Å². The molecule has 0 bridgehead atoms. The molecule has 0 amide bonds. The normalized spacial score (nSPS) is 22.8. The number of hydrogen-bond donors (Lipinski definition) is 1. The molecule has 5 nitrogen and oxygen atoms in total. The summed E-state index contributed by atoms with van der Waals surface area (Å²) in [6, 6.07) is 0.273. The SMILES string of the molecule is CC(CCCC(=O)O)N1CCS(=O)(=O)CC1. The monoisotopic (exact) mass is 249 g/mol. The fourth-order valence-electron chi connectivity index (χ4n) is 1.90. The molecule has 6 heteroatoms. The lowest BCUT2D eigenvalue weighted by Gasteiger charge is -2.32. The molecule has 16 heavy (non-hydrogen) atoms. The van der Waals surface area contributed by atoms with Crippen molar-refractivity contribution >= 4 is 15.8 Å². The Hall–Kier alpha value is -0.620. The van der Waals surface area contributed by atoms with Gasteiger partial charge in [-0.2, -0.15) is 0 Å². The van der Waals surface area contributed by atoms with Crippen molar-refractivity contribution in [2.75, 3.05) is 24.6 Å². The third kappa shape index (κ3) is 4.49. The summed E-state index contributed by atoms with van der Waals surface area (Å²) in [5, 5.41) is 8.51. The van der Waals surface area contributed by atoms with Crippen molar-refractivity contribution in [1.82, 2.24) is 4.90 Å². The highest BCUT2D eigenvalue weighted by atomic mass is 32.2. The first-order valence-electron chi connectivity index (χ1n) is 5.57. The van der Waals surface area contributed by atoms with Crippen LogP contribution in [0.2, 0.25) is 0 Å². The molecule has 0 spiro atoms. The van der Waals surface area contributed by atoms with E-state index in [2.05, 4.69) is 4.90 Å². The summed E-state index contributed by atoms with van der Waals surface area (Å²) in [6.45, 7) is 3.19. The highest BCUT2D eigenvalue weighted by molar-refractivity contribution is 7.91. The Morgan fingerprint density at radius 3 is 2.44 bits per heavy atom. The average Bonchev–Trinajstić information content (AvgIpc) is 2.16. The van der Waals surface area contributed by atoms with Crippen LogP contribution in [0.1, 0.15) is 26.2 Å². The van der Waals surface area contributed by atoms with Gasteiger partial charge in [-0.25, -0.2) is 8.42 Å². The van der Waals surface area contributed by atoms with Crippen LogP contribution in [0, 0.1) is 0 Å². The number of carbonyl (C=O) groups is 1. The quantitative estimate of drug-likeness (QED) is 0.761. The number of aliphatic carboxylic acids is 1. The molecule has 94 valence electrons. The van der Waals surface area contributed by atoms with E-state index in [0.717, 1.165) is 6.42 Å². The highest BCUT2D eigenvalue weighted by Gasteiger charge is 2.24. The number of carboxylic acid groups (broad SMARTS) is 1. The molecule has 1 saturated heterocycles. The molecule has 0 aromatic rings. The summed E-state index contributed by atoms with van der Waals surface area (Å²) in [5.74, 6) is -0.305. The summed E-state index contributed by atoms with van der Waals surface area (Å²) >= 11 is 0. The average molecular weight is 249 g/mol. The number of rotatable bonds is 5. The second-order valence-corrected chi connectivity index (χ2v) is 6.63. The Kier molecular flexibility index (Phi) is 4.73. The summed E-state index contributed by atoms with van der Waals surface area (Å²) < 4.78 is 22.4. The Morgan fingerprint density at radius 2 is 1.94 bits per heavy atom. The lowest BCUT2D eigenvalue weighted by Crippen LogP contribution is -2.44. The minimum absolute atomic E-state index is 0.191. The van der Waals surface area contributed by atoms with Crippen LogP contribution in [-0.2, 0) is 14.6 Å². The van der Waals surface area contributed by atoms with E-state index in [1.807, 2.05) is 6.92 Å². The van der Waals surface area contributed by atoms with Gasteiger partial charge in [-0.1, -0.05) is 0 Å². The molecule has 0 saturated carbocycles. The van der Waals surface area contributed by atoms with Crippen molar-refractivity contribution in [3.63, 3.8) is 0 Å². The molecule has 1 rings (SSSR count). The largest absolute Gasteiger partial charge is 0.481 e. The van der Waals surface area contributed by atoms with Gasteiger partial charge in [-0.15, -0.1) is 0 Å². The van der Waals surface area contributed by atoms with Crippen LogP contribution in [-0.4, -0.2) is 55.0 Å². The van der Waals surface area contributed by atoms with Crippen molar-refractivity contribution in [1.29, 1.82) is 0 Å². The number of nitrogens with zero attached hydrogens (tertiary/aromatic N) is 1. The van der Waals surface area contributed by atoms with Crippen LogP contribution in [0.3, 0.4) is 0 Å². The molecule has 1 fully saturated rings. The summed E-state index contributed by atoms with van der Waals surface area (Å²) in [5.41, 5.74) is 0. The van der Waals surface area contributed by atoms with Gasteiger partial charge in [0.05, 0.1) is 11.5 Å². The molecule has 0 aromatic carbocycles. The van der Waals surface area contributed by atoms with Gasteiger partial charge in [0, 0.05) is 25.6 Å². The fourth-order valence-corrected chi connectivity index (χ4v) is 3.13. The highest BCUT2D eigenvalue weighted by Crippen LogP contribution is 2.12. The molecule has 0 aliphatic carbocycles. The van der Waals surface area contributed by atoms with Crippen molar-refractivity contribution < 1.29 is 18.3 Å². The summed E-state index contributed by atoms with van der Waals surface area (Å²) in [4.78, 5) is 12.5. The predicted octanol–water partition coefficient (Wildman–Crippen LogP) is 0.360. The number of carboxylic acids is 1. The minimum atomic E-state index is -2.82.